The number of hydrogen-bond donors (Lipinski definition) is 0. The predicted octanol–water partition coefficient (Wildman–Crippen LogP) is 1.83. The molecule has 2 rings (SSSR count). The van der Waals surface area contributed by atoms with Crippen molar-refractivity contribution in [1.82, 2.24) is 9.80 Å². The first-order valence-electron chi connectivity index (χ1n) is 6.72. The van der Waals surface area contributed by atoms with E-state index in [-0.39, 0.29) is 12.0 Å². The van der Waals surface area contributed by atoms with Gasteiger partial charge in [-0.05, 0) is 25.5 Å². The number of nitrogens with zero attached hydrogens (tertiary/aromatic N) is 2. The summed E-state index contributed by atoms with van der Waals surface area (Å²) in [4.78, 5) is 27.3. The molecule has 5 nitrogen and oxygen atoms in total. The molecule has 1 aromatic carbocycles. The average Bonchev–Trinajstić information content (AvgIpc) is 2.46. The third-order valence-corrected chi connectivity index (χ3v) is 3.61. The molecular formula is C15H20N2O3. The number of ether oxygens (including phenoxy) is 1. The molecule has 0 aliphatic carbocycles. The van der Waals surface area contributed by atoms with E-state index in [1.807, 2.05) is 32.0 Å². The van der Waals surface area contributed by atoms with Crippen molar-refractivity contribution in [2.75, 3.05) is 33.3 Å². The molecular weight excluding hydrogens is 256 g/mol. The summed E-state index contributed by atoms with van der Waals surface area (Å²) < 4.78 is 4.69. The summed E-state index contributed by atoms with van der Waals surface area (Å²) in [6.45, 7) is 6.08. The highest BCUT2D eigenvalue weighted by Crippen LogP contribution is 2.15. The van der Waals surface area contributed by atoms with Gasteiger partial charge in [0, 0.05) is 31.7 Å². The molecule has 20 heavy (non-hydrogen) atoms. The summed E-state index contributed by atoms with van der Waals surface area (Å²) in [6, 6.07) is 5.84. The Labute approximate surface area is 119 Å². The van der Waals surface area contributed by atoms with Crippen molar-refractivity contribution >= 4 is 12.0 Å². The second kappa shape index (κ2) is 5.94. The highest BCUT2D eigenvalue weighted by molar-refractivity contribution is 5.95. The van der Waals surface area contributed by atoms with Crippen molar-refractivity contribution in [1.29, 1.82) is 0 Å². The molecule has 1 aromatic rings. The molecule has 1 aliphatic rings. The van der Waals surface area contributed by atoms with Crippen molar-refractivity contribution in [3.8, 4) is 0 Å². The van der Waals surface area contributed by atoms with Gasteiger partial charge in [0.1, 0.15) is 0 Å². The summed E-state index contributed by atoms with van der Waals surface area (Å²) in [5.74, 6) is 0.0343. The van der Waals surface area contributed by atoms with Crippen LogP contribution < -0.4 is 0 Å². The summed E-state index contributed by atoms with van der Waals surface area (Å²) in [5, 5.41) is 0. The van der Waals surface area contributed by atoms with Crippen LogP contribution in [-0.4, -0.2) is 55.1 Å². The van der Waals surface area contributed by atoms with Gasteiger partial charge >= 0.3 is 6.09 Å². The smallest absolute Gasteiger partial charge is 0.409 e. The second-order valence-electron chi connectivity index (χ2n) is 5.07. The normalized spacial score (nSPS) is 15.2. The molecule has 1 fully saturated rings. The van der Waals surface area contributed by atoms with Gasteiger partial charge in [-0.3, -0.25) is 4.79 Å². The van der Waals surface area contributed by atoms with E-state index in [2.05, 4.69) is 4.74 Å². The van der Waals surface area contributed by atoms with Crippen LogP contribution in [0.4, 0.5) is 4.79 Å². The lowest BCUT2D eigenvalue weighted by Gasteiger charge is -2.34. The van der Waals surface area contributed by atoms with E-state index in [4.69, 9.17) is 0 Å². The number of piperazine rings is 1. The highest BCUT2D eigenvalue weighted by Gasteiger charge is 2.25. The van der Waals surface area contributed by atoms with Crippen LogP contribution in [0.3, 0.4) is 0 Å². The van der Waals surface area contributed by atoms with Crippen molar-refractivity contribution in [2.24, 2.45) is 0 Å². The Morgan fingerprint density at radius 2 is 1.65 bits per heavy atom. The lowest BCUT2D eigenvalue weighted by Crippen LogP contribution is -2.50. The van der Waals surface area contributed by atoms with Crippen molar-refractivity contribution in [3.05, 3.63) is 34.9 Å². The summed E-state index contributed by atoms with van der Waals surface area (Å²) in [7, 11) is 1.37. The van der Waals surface area contributed by atoms with Crippen LogP contribution >= 0.6 is 0 Å². The van der Waals surface area contributed by atoms with Crippen LogP contribution in [0.5, 0.6) is 0 Å². The third-order valence-electron chi connectivity index (χ3n) is 3.61. The van der Waals surface area contributed by atoms with Gasteiger partial charge in [0.15, 0.2) is 0 Å². The number of hydrogen-bond acceptors (Lipinski definition) is 3. The Balaban J connectivity index is 2.03. The van der Waals surface area contributed by atoms with Crippen LogP contribution in [0, 0.1) is 13.8 Å². The molecule has 2 amide bonds. The fourth-order valence-corrected chi connectivity index (χ4v) is 2.45. The number of amides is 2. The number of methoxy groups -OCH3 is 1. The predicted molar refractivity (Wildman–Crippen MR) is 75.8 cm³/mol. The highest BCUT2D eigenvalue weighted by atomic mass is 16.5. The first kappa shape index (κ1) is 14.4. The largest absolute Gasteiger partial charge is 0.453 e. The fraction of sp³-hybridized carbons (Fsp3) is 0.467. The Hall–Kier alpha value is -2.04. The van der Waals surface area contributed by atoms with Crippen molar-refractivity contribution in [3.63, 3.8) is 0 Å². The molecule has 1 heterocycles. The maximum Gasteiger partial charge on any atom is 0.409 e. The van der Waals surface area contributed by atoms with E-state index < -0.39 is 0 Å². The Bertz CT molecular complexity index is 520. The fourth-order valence-electron chi connectivity index (χ4n) is 2.45. The van der Waals surface area contributed by atoms with Gasteiger partial charge in [0.2, 0.25) is 0 Å². The maximum atomic E-state index is 12.5. The van der Waals surface area contributed by atoms with Gasteiger partial charge in [-0.25, -0.2) is 4.79 Å². The van der Waals surface area contributed by atoms with Gasteiger partial charge in [-0.2, -0.15) is 0 Å². The number of rotatable bonds is 1. The van der Waals surface area contributed by atoms with Crippen LogP contribution in [0.25, 0.3) is 0 Å². The molecule has 0 aromatic heterocycles. The molecule has 0 spiro atoms. The monoisotopic (exact) mass is 276 g/mol. The van der Waals surface area contributed by atoms with Gasteiger partial charge in [0.05, 0.1) is 7.11 Å². The quantitative estimate of drug-likeness (QED) is 0.786. The molecule has 0 radical (unpaired) electrons. The number of benzene rings is 1. The molecule has 0 unspecified atom stereocenters. The molecule has 5 heteroatoms. The number of aryl methyl sites for hydroxylation is 2. The van der Waals surface area contributed by atoms with Crippen LogP contribution in [0.1, 0.15) is 21.5 Å². The summed E-state index contributed by atoms with van der Waals surface area (Å²) >= 11 is 0. The van der Waals surface area contributed by atoms with E-state index in [0.717, 1.165) is 16.7 Å². The first-order valence-corrected chi connectivity index (χ1v) is 6.72. The molecule has 0 N–H and O–H groups in total. The lowest BCUT2D eigenvalue weighted by atomic mass is 10.0. The Kier molecular flexibility index (Phi) is 4.27. The van der Waals surface area contributed by atoms with E-state index in [0.29, 0.717) is 26.2 Å². The zero-order valence-electron chi connectivity index (χ0n) is 12.2. The van der Waals surface area contributed by atoms with Crippen LogP contribution in [0.15, 0.2) is 18.2 Å². The molecule has 0 bridgehead atoms. The van der Waals surface area contributed by atoms with Crippen molar-refractivity contribution < 1.29 is 14.3 Å². The zero-order chi connectivity index (χ0) is 14.7. The molecule has 108 valence electrons. The van der Waals surface area contributed by atoms with Crippen molar-refractivity contribution in [2.45, 2.75) is 13.8 Å². The zero-order valence-corrected chi connectivity index (χ0v) is 12.2. The second-order valence-corrected chi connectivity index (χ2v) is 5.07. The number of carbonyl (C=O) groups is 2. The molecule has 0 atom stereocenters. The Morgan fingerprint density at radius 3 is 2.20 bits per heavy atom. The topological polar surface area (TPSA) is 49.9 Å². The maximum absolute atomic E-state index is 12.5. The summed E-state index contributed by atoms with van der Waals surface area (Å²) in [6.07, 6.45) is -0.330. The molecule has 0 saturated carbocycles. The minimum Gasteiger partial charge on any atom is -0.453 e. The van der Waals surface area contributed by atoms with Crippen LogP contribution in [-0.2, 0) is 4.74 Å². The molecule has 1 aliphatic heterocycles. The van der Waals surface area contributed by atoms with Gasteiger partial charge in [0.25, 0.3) is 5.91 Å². The van der Waals surface area contributed by atoms with Gasteiger partial charge < -0.3 is 14.5 Å². The minimum absolute atomic E-state index is 0.0343. The van der Waals surface area contributed by atoms with E-state index in [1.165, 1.54) is 7.11 Å². The first-order chi connectivity index (χ1) is 9.52. The van der Waals surface area contributed by atoms with Gasteiger partial charge in [-0.15, -0.1) is 0 Å². The van der Waals surface area contributed by atoms with E-state index in [9.17, 15) is 9.59 Å². The number of carbonyl (C=O) groups excluding carboxylic acids is 2. The third kappa shape index (κ3) is 2.92. The average molecular weight is 276 g/mol. The SMILES string of the molecule is COC(=O)N1CCN(C(=O)c2ccc(C)cc2C)CC1. The Morgan fingerprint density at radius 1 is 1.05 bits per heavy atom. The van der Waals surface area contributed by atoms with E-state index in [1.54, 1.807) is 9.80 Å². The van der Waals surface area contributed by atoms with Gasteiger partial charge in [-0.1, -0.05) is 17.7 Å². The minimum atomic E-state index is -0.330. The van der Waals surface area contributed by atoms with E-state index >= 15 is 0 Å². The standard InChI is InChI=1S/C15H20N2O3/c1-11-4-5-13(12(2)10-11)14(18)16-6-8-17(9-7-16)15(19)20-3/h4-5,10H,6-9H2,1-3H3. The van der Waals surface area contributed by atoms with Crippen LogP contribution in [0.2, 0.25) is 0 Å². The lowest BCUT2D eigenvalue weighted by molar-refractivity contribution is 0.0599. The molecule has 1 saturated heterocycles. The summed E-state index contributed by atoms with van der Waals surface area (Å²) in [5.41, 5.74) is 2.88.